The van der Waals surface area contributed by atoms with E-state index in [4.69, 9.17) is 10.9 Å². The quantitative estimate of drug-likeness (QED) is 0.257. The molecule has 0 atom stereocenters. The topological polar surface area (TPSA) is 70.6 Å². The van der Waals surface area contributed by atoms with Crippen LogP contribution in [0.5, 0.6) is 0 Å². The molecule has 16 heavy (non-hydrogen) atoms. The Kier molecular flexibility index (Phi) is 5.06. The molecule has 0 saturated heterocycles. The van der Waals surface area contributed by atoms with Crippen molar-refractivity contribution < 1.29 is 5.21 Å². The summed E-state index contributed by atoms with van der Waals surface area (Å²) < 4.78 is 0. The molecular formula is C12H25N3O. The van der Waals surface area contributed by atoms with E-state index in [1.54, 1.807) is 0 Å². The van der Waals surface area contributed by atoms with E-state index in [0.29, 0.717) is 5.84 Å². The van der Waals surface area contributed by atoms with Crippen LogP contribution in [0.1, 0.15) is 46.0 Å². The summed E-state index contributed by atoms with van der Waals surface area (Å²) in [7, 11) is 0. The standard InChI is InChI=1S/C12H25N3O/c1-3-10(4-2)8-14-9-12(5-6-12)7-11(13)15-16/h10,14,16H,3-9H2,1-2H3,(H2,13,15). The average Bonchev–Trinajstić information content (AvgIpc) is 3.04. The van der Waals surface area contributed by atoms with Gasteiger partial charge in [-0.05, 0) is 30.7 Å². The Hall–Kier alpha value is -0.770. The minimum atomic E-state index is 0.280. The van der Waals surface area contributed by atoms with E-state index in [1.807, 2.05) is 0 Å². The third kappa shape index (κ3) is 4.00. The number of rotatable bonds is 8. The predicted octanol–water partition coefficient (Wildman–Crippen LogP) is 1.93. The van der Waals surface area contributed by atoms with Crippen molar-refractivity contribution in [2.24, 2.45) is 22.2 Å². The van der Waals surface area contributed by atoms with Crippen molar-refractivity contribution in [2.75, 3.05) is 13.1 Å². The lowest BCUT2D eigenvalue weighted by molar-refractivity contribution is 0.313. The average molecular weight is 227 g/mol. The van der Waals surface area contributed by atoms with Crippen LogP contribution in [0, 0.1) is 11.3 Å². The molecule has 0 aromatic carbocycles. The number of nitrogens with zero attached hydrogens (tertiary/aromatic N) is 1. The first-order valence-corrected chi connectivity index (χ1v) is 6.33. The molecule has 0 amide bonds. The number of amidine groups is 1. The van der Waals surface area contributed by atoms with E-state index >= 15 is 0 Å². The maximum absolute atomic E-state index is 8.56. The summed E-state index contributed by atoms with van der Waals surface area (Å²) in [5, 5.41) is 15.1. The van der Waals surface area contributed by atoms with Crippen molar-refractivity contribution in [3.8, 4) is 0 Å². The Bertz CT molecular complexity index is 232. The fraction of sp³-hybridized carbons (Fsp3) is 0.917. The third-order valence-corrected chi connectivity index (χ3v) is 3.73. The van der Waals surface area contributed by atoms with Crippen LogP contribution < -0.4 is 11.1 Å². The van der Waals surface area contributed by atoms with E-state index in [1.165, 1.54) is 25.7 Å². The molecule has 1 aliphatic carbocycles. The summed E-state index contributed by atoms with van der Waals surface area (Å²) >= 11 is 0. The van der Waals surface area contributed by atoms with Gasteiger partial charge >= 0.3 is 0 Å². The fourth-order valence-corrected chi connectivity index (χ4v) is 2.13. The molecule has 4 nitrogen and oxygen atoms in total. The first-order valence-electron chi connectivity index (χ1n) is 6.33. The summed E-state index contributed by atoms with van der Waals surface area (Å²) in [6.45, 7) is 6.56. The second-order valence-corrected chi connectivity index (χ2v) is 5.08. The molecule has 0 bridgehead atoms. The highest BCUT2D eigenvalue weighted by atomic mass is 16.4. The number of oxime groups is 1. The van der Waals surface area contributed by atoms with Crippen LogP contribution in [0.25, 0.3) is 0 Å². The highest BCUT2D eigenvalue weighted by Gasteiger charge is 2.42. The van der Waals surface area contributed by atoms with Crippen LogP contribution in [-0.4, -0.2) is 24.1 Å². The molecule has 1 rings (SSSR count). The van der Waals surface area contributed by atoms with Crippen molar-refractivity contribution in [1.82, 2.24) is 5.32 Å². The van der Waals surface area contributed by atoms with Gasteiger partial charge in [-0.3, -0.25) is 0 Å². The van der Waals surface area contributed by atoms with Crippen LogP contribution in [0.4, 0.5) is 0 Å². The molecule has 4 N–H and O–H groups in total. The second kappa shape index (κ2) is 6.09. The molecule has 94 valence electrons. The smallest absolute Gasteiger partial charge is 0.139 e. The van der Waals surface area contributed by atoms with Crippen LogP contribution in [0.3, 0.4) is 0 Å². The first kappa shape index (κ1) is 13.3. The third-order valence-electron chi connectivity index (χ3n) is 3.73. The van der Waals surface area contributed by atoms with Gasteiger partial charge in [0, 0.05) is 13.0 Å². The minimum Gasteiger partial charge on any atom is -0.409 e. The van der Waals surface area contributed by atoms with Gasteiger partial charge in [0.2, 0.25) is 0 Å². The van der Waals surface area contributed by atoms with Crippen molar-refractivity contribution >= 4 is 5.84 Å². The molecule has 0 aliphatic heterocycles. The van der Waals surface area contributed by atoms with Gasteiger partial charge in [0.1, 0.15) is 5.84 Å². The Morgan fingerprint density at radius 2 is 2.06 bits per heavy atom. The molecule has 0 aromatic rings. The molecule has 0 radical (unpaired) electrons. The van der Waals surface area contributed by atoms with Gasteiger partial charge in [0.05, 0.1) is 0 Å². The lowest BCUT2D eigenvalue weighted by Gasteiger charge is -2.18. The zero-order valence-corrected chi connectivity index (χ0v) is 10.5. The van der Waals surface area contributed by atoms with Crippen molar-refractivity contribution in [2.45, 2.75) is 46.0 Å². The van der Waals surface area contributed by atoms with Crippen molar-refractivity contribution in [3.63, 3.8) is 0 Å². The van der Waals surface area contributed by atoms with E-state index < -0.39 is 0 Å². The highest BCUT2D eigenvalue weighted by Crippen LogP contribution is 2.48. The number of nitrogens with one attached hydrogen (secondary N) is 1. The Balaban J connectivity index is 2.22. The predicted molar refractivity (Wildman–Crippen MR) is 66.6 cm³/mol. The lowest BCUT2D eigenvalue weighted by Crippen LogP contribution is -2.31. The van der Waals surface area contributed by atoms with E-state index in [-0.39, 0.29) is 5.41 Å². The second-order valence-electron chi connectivity index (χ2n) is 5.08. The molecule has 4 heteroatoms. The summed E-state index contributed by atoms with van der Waals surface area (Å²) in [4.78, 5) is 0. The maximum atomic E-state index is 8.56. The van der Waals surface area contributed by atoms with Gasteiger partial charge in [-0.1, -0.05) is 31.8 Å². The zero-order valence-electron chi connectivity index (χ0n) is 10.5. The molecule has 0 aromatic heterocycles. The normalized spacial score (nSPS) is 19.1. The summed E-state index contributed by atoms with van der Waals surface area (Å²) in [6, 6.07) is 0. The molecule has 1 fully saturated rings. The van der Waals surface area contributed by atoms with Crippen LogP contribution in [0.15, 0.2) is 5.16 Å². The van der Waals surface area contributed by atoms with Gasteiger partial charge in [-0.25, -0.2) is 0 Å². The summed E-state index contributed by atoms with van der Waals surface area (Å²) in [6.07, 6.45) is 5.57. The molecule has 0 heterocycles. The Morgan fingerprint density at radius 3 is 2.50 bits per heavy atom. The highest BCUT2D eigenvalue weighted by molar-refractivity contribution is 5.80. The van der Waals surface area contributed by atoms with Crippen LogP contribution in [-0.2, 0) is 0 Å². The van der Waals surface area contributed by atoms with Gasteiger partial charge in [0.15, 0.2) is 0 Å². The van der Waals surface area contributed by atoms with Crippen molar-refractivity contribution in [1.29, 1.82) is 0 Å². The first-order chi connectivity index (χ1) is 7.65. The van der Waals surface area contributed by atoms with Gasteiger partial charge in [-0.2, -0.15) is 0 Å². The van der Waals surface area contributed by atoms with E-state index in [2.05, 4.69) is 24.3 Å². The number of nitrogens with two attached hydrogens (primary N) is 1. The van der Waals surface area contributed by atoms with Crippen LogP contribution >= 0.6 is 0 Å². The number of hydrogen-bond acceptors (Lipinski definition) is 3. The molecule has 0 spiro atoms. The largest absolute Gasteiger partial charge is 0.409 e. The zero-order chi connectivity index (χ0) is 12.0. The fourth-order valence-electron chi connectivity index (χ4n) is 2.13. The molecule has 0 unspecified atom stereocenters. The van der Waals surface area contributed by atoms with Gasteiger partial charge < -0.3 is 16.3 Å². The Morgan fingerprint density at radius 1 is 1.44 bits per heavy atom. The lowest BCUT2D eigenvalue weighted by atomic mass is 10.00. The van der Waals surface area contributed by atoms with E-state index in [9.17, 15) is 0 Å². The van der Waals surface area contributed by atoms with Crippen LogP contribution in [0.2, 0.25) is 0 Å². The van der Waals surface area contributed by atoms with E-state index in [0.717, 1.165) is 25.4 Å². The monoisotopic (exact) mass is 227 g/mol. The molecular weight excluding hydrogens is 202 g/mol. The summed E-state index contributed by atoms with van der Waals surface area (Å²) in [5.41, 5.74) is 5.84. The maximum Gasteiger partial charge on any atom is 0.139 e. The minimum absolute atomic E-state index is 0.280. The van der Waals surface area contributed by atoms with Gasteiger partial charge in [-0.15, -0.1) is 0 Å². The summed E-state index contributed by atoms with van der Waals surface area (Å²) in [5.74, 6) is 1.14. The van der Waals surface area contributed by atoms with Gasteiger partial charge in [0.25, 0.3) is 0 Å². The molecule has 1 aliphatic rings. The van der Waals surface area contributed by atoms with Crippen molar-refractivity contribution in [3.05, 3.63) is 0 Å². The molecule has 1 saturated carbocycles. The SMILES string of the molecule is CCC(CC)CNCC1(CC(N)=NO)CC1. The Labute approximate surface area is 98.3 Å². The number of hydrogen-bond donors (Lipinski definition) is 3.